The number of amides is 2. The van der Waals surface area contributed by atoms with Crippen LogP contribution < -0.4 is 25.6 Å². The topological polar surface area (TPSA) is 98.4 Å². The van der Waals surface area contributed by atoms with Crippen LogP contribution in [0.1, 0.15) is 43.4 Å². The third-order valence-electron chi connectivity index (χ3n) is 8.49. The van der Waals surface area contributed by atoms with Crippen molar-refractivity contribution in [2.24, 2.45) is 0 Å². The number of anilines is 3. The van der Waals surface area contributed by atoms with Crippen LogP contribution in [-0.4, -0.2) is 80.4 Å². The average molecular weight is 635 g/mol. The summed E-state index contributed by atoms with van der Waals surface area (Å²) in [6.45, 7) is 8.30. The molecule has 0 aliphatic carbocycles. The second-order valence-electron chi connectivity index (χ2n) is 11.3. The first-order chi connectivity index (χ1) is 21.5. The van der Waals surface area contributed by atoms with E-state index in [9.17, 15) is 27.2 Å². The van der Waals surface area contributed by atoms with Crippen molar-refractivity contribution in [3.05, 3.63) is 59.9 Å². The molecule has 45 heavy (non-hydrogen) atoms. The van der Waals surface area contributed by atoms with Crippen LogP contribution in [0.3, 0.4) is 0 Å². The van der Waals surface area contributed by atoms with Crippen molar-refractivity contribution in [2.45, 2.75) is 50.6 Å². The van der Waals surface area contributed by atoms with E-state index in [1.165, 1.54) is 12.1 Å². The molecule has 3 aliphatic rings. The number of piperazine rings is 1. The Bertz CT molecular complexity index is 1420. The van der Waals surface area contributed by atoms with Crippen LogP contribution in [0.25, 0.3) is 0 Å². The molecule has 3 heterocycles. The highest BCUT2D eigenvalue weighted by Crippen LogP contribution is 2.40. The van der Waals surface area contributed by atoms with E-state index in [2.05, 4.69) is 27.4 Å². The zero-order chi connectivity index (χ0) is 32.3. The number of methoxy groups -OCH3 is 1. The van der Waals surface area contributed by atoms with Crippen LogP contribution >= 0.6 is 0 Å². The highest BCUT2D eigenvalue weighted by Gasteiger charge is 2.39. The van der Waals surface area contributed by atoms with E-state index in [1.54, 1.807) is 24.0 Å². The fraction of sp³-hybridized carbons (Fsp3) is 0.484. The highest BCUT2D eigenvalue weighted by molar-refractivity contribution is 6.02. The van der Waals surface area contributed by atoms with Crippen molar-refractivity contribution in [3.63, 3.8) is 0 Å². The standard InChI is InChI=1S/C31H38F4N6O4/c1-4-30(43)38-24-17-25(28(44-3)18-27(24)40-12-10-39(11-13-40)19(2)42)37-21-7-9-36-29(16-21)41-26(8-14-45-41)20-5-6-23(32)22(15-20)31(33,34)35/h4-6,15,17-18,21,26,29,36-37H,1,7-14,16H2,2-3H3,(H,38,43). The summed E-state index contributed by atoms with van der Waals surface area (Å²) in [7, 11) is 1.56. The van der Waals surface area contributed by atoms with Gasteiger partial charge in [0.15, 0.2) is 0 Å². The van der Waals surface area contributed by atoms with Crippen LogP contribution in [-0.2, 0) is 20.6 Å². The number of carbonyl (C=O) groups is 2. The van der Waals surface area contributed by atoms with Gasteiger partial charge in [0.2, 0.25) is 11.8 Å². The number of benzene rings is 2. The Morgan fingerprint density at radius 1 is 1.11 bits per heavy atom. The molecule has 0 spiro atoms. The monoisotopic (exact) mass is 634 g/mol. The SMILES string of the molecule is C=CC(=O)Nc1cc(NC2CCNC(N3OCCC3c3ccc(F)c(C(F)(F)F)c3)C2)c(OC)cc1N1CCN(C(C)=O)CC1. The summed E-state index contributed by atoms with van der Waals surface area (Å²) < 4.78 is 60.0. The maximum absolute atomic E-state index is 14.0. The quantitative estimate of drug-likeness (QED) is 0.288. The molecule has 0 saturated carbocycles. The number of hydrogen-bond acceptors (Lipinski definition) is 8. The molecule has 3 fully saturated rings. The van der Waals surface area contributed by atoms with Gasteiger partial charge in [-0.3, -0.25) is 19.7 Å². The van der Waals surface area contributed by atoms with Crippen molar-refractivity contribution < 1.29 is 36.7 Å². The predicted molar refractivity (Wildman–Crippen MR) is 161 cm³/mol. The summed E-state index contributed by atoms with van der Waals surface area (Å²) >= 11 is 0. The van der Waals surface area contributed by atoms with E-state index in [1.807, 2.05) is 12.1 Å². The number of piperidine rings is 1. The molecule has 3 unspecified atom stereocenters. The molecule has 2 amide bonds. The number of hydrogen-bond donors (Lipinski definition) is 3. The third-order valence-corrected chi connectivity index (χ3v) is 8.49. The lowest BCUT2D eigenvalue weighted by Gasteiger charge is -2.39. The maximum Gasteiger partial charge on any atom is 0.419 e. The zero-order valence-corrected chi connectivity index (χ0v) is 25.3. The van der Waals surface area contributed by atoms with Crippen molar-refractivity contribution in [2.75, 3.05) is 62.0 Å². The molecule has 3 aliphatic heterocycles. The van der Waals surface area contributed by atoms with E-state index >= 15 is 0 Å². The number of alkyl halides is 3. The molecule has 0 aromatic heterocycles. The lowest BCUT2D eigenvalue weighted by Crippen LogP contribution is -2.52. The van der Waals surface area contributed by atoms with E-state index < -0.39 is 23.6 Å². The Morgan fingerprint density at radius 2 is 1.87 bits per heavy atom. The van der Waals surface area contributed by atoms with Gasteiger partial charge in [0, 0.05) is 45.2 Å². The Morgan fingerprint density at radius 3 is 2.53 bits per heavy atom. The molecule has 3 saturated heterocycles. The molecule has 14 heteroatoms. The van der Waals surface area contributed by atoms with Gasteiger partial charge in [-0.15, -0.1) is 0 Å². The molecule has 2 aromatic carbocycles. The smallest absolute Gasteiger partial charge is 0.419 e. The average Bonchev–Trinajstić information content (AvgIpc) is 3.51. The van der Waals surface area contributed by atoms with Gasteiger partial charge in [0.1, 0.15) is 11.6 Å². The first-order valence-corrected chi connectivity index (χ1v) is 14.9. The van der Waals surface area contributed by atoms with Crippen molar-refractivity contribution in [1.82, 2.24) is 15.3 Å². The lowest BCUT2D eigenvalue weighted by atomic mass is 9.98. The molecular formula is C31H38F4N6O4. The van der Waals surface area contributed by atoms with Crippen molar-refractivity contribution in [1.29, 1.82) is 0 Å². The van der Waals surface area contributed by atoms with Crippen LogP contribution in [0.2, 0.25) is 0 Å². The molecule has 5 rings (SSSR count). The molecule has 3 N–H and O–H groups in total. The Kier molecular flexibility index (Phi) is 9.85. The minimum Gasteiger partial charge on any atom is -0.495 e. The molecule has 0 bridgehead atoms. The van der Waals surface area contributed by atoms with Gasteiger partial charge in [0.25, 0.3) is 0 Å². The van der Waals surface area contributed by atoms with Gasteiger partial charge < -0.3 is 25.2 Å². The fourth-order valence-corrected chi connectivity index (χ4v) is 6.17. The summed E-state index contributed by atoms with van der Waals surface area (Å²) in [5, 5.41) is 11.5. The van der Waals surface area contributed by atoms with Crippen LogP contribution in [0.5, 0.6) is 5.75 Å². The van der Waals surface area contributed by atoms with Gasteiger partial charge in [-0.1, -0.05) is 12.6 Å². The summed E-state index contributed by atoms with van der Waals surface area (Å²) in [6.07, 6.45) is -2.21. The molecule has 10 nitrogen and oxygen atoms in total. The minimum atomic E-state index is -4.80. The van der Waals surface area contributed by atoms with Crippen LogP contribution in [0, 0.1) is 5.82 Å². The first-order valence-electron chi connectivity index (χ1n) is 14.9. The molecule has 3 atom stereocenters. The Labute approximate surface area is 259 Å². The third kappa shape index (κ3) is 7.34. The Balaban J connectivity index is 1.35. The van der Waals surface area contributed by atoms with Gasteiger partial charge in [-0.05, 0) is 55.6 Å². The van der Waals surface area contributed by atoms with Crippen LogP contribution in [0.15, 0.2) is 43.0 Å². The molecule has 0 radical (unpaired) electrons. The van der Waals surface area contributed by atoms with Crippen molar-refractivity contribution in [3.8, 4) is 5.75 Å². The second-order valence-corrected chi connectivity index (χ2v) is 11.3. The largest absolute Gasteiger partial charge is 0.495 e. The molecule has 2 aromatic rings. The van der Waals surface area contributed by atoms with Gasteiger partial charge in [-0.25, -0.2) is 4.39 Å². The van der Waals surface area contributed by atoms with Gasteiger partial charge >= 0.3 is 6.18 Å². The predicted octanol–water partition coefficient (Wildman–Crippen LogP) is 4.51. The lowest BCUT2D eigenvalue weighted by molar-refractivity contribution is -0.177. The Hall–Kier alpha value is -3.88. The number of nitrogens with one attached hydrogen (secondary N) is 3. The van der Waals surface area contributed by atoms with Crippen molar-refractivity contribution >= 4 is 28.9 Å². The number of hydroxylamine groups is 2. The normalized spacial score (nSPS) is 22.7. The number of carbonyl (C=O) groups excluding carboxylic acids is 2. The zero-order valence-electron chi connectivity index (χ0n) is 25.3. The minimum absolute atomic E-state index is 0.0154. The number of nitrogens with zero attached hydrogens (tertiary/aromatic N) is 3. The van der Waals surface area contributed by atoms with E-state index in [0.717, 1.165) is 24.2 Å². The van der Waals surface area contributed by atoms with E-state index in [-0.39, 0.29) is 24.0 Å². The van der Waals surface area contributed by atoms with Gasteiger partial charge in [0.05, 0.1) is 48.5 Å². The summed E-state index contributed by atoms with van der Waals surface area (Å²) in [5.74, 6) is -1.10. The summed E-state index contributed by atoms with van der Waals surface area (Å²) in [5.41, 5.74) is 1.01. The van der Waals surface area contributed by atoms with E-state index in [4.69, 9.17) is 9.57 Å². The maximum atomic E-state index is 14.0. The first kappa shape index (κ1) is 32.5. The van der Waals surface area contributed by atoms with E-state index in [0.29, 0.717) is 74.9 Å². The molecular weight excluding hydrogens is 596 g/mol. The highest BCUT2D eigenvalue weighted by atomic mass is 19.4. The fourth-order valence-electron chi connectivity index (χ4n) is 6.17. The number of halogens is 4. The number of rotatable bonds is 8. The second kappa shape index (κ2) is 13.6. The van der Waals surface area contributed by atoms with Crippen LogP contribution in [0.4, 0.5) is 34.6 Å². The summed E-state index contributed by atoms with van der Waals surface area (Å²) in [6, 6.07) is 6.20. The summed E-state index contributed by atoms with van der Waals surface area (Å²) in [4.78, 5) is 34.0. The van der Waals surface area contributed by atoms with Gasteiger partial charge in [-0.2, -0.15) is 18.2 Å². The molecule has 244 valence electrons. The number of ether oxygens (including phenoxy) is 1.